The number of nitrogens with one attached hydrogen (secondary N) is 1. The van der Waals surface area contributed by atoms with Gasteiger partial charge in [-0.3, -0.25) is 0 Å². The molecule has 5 heteroatoms. The number of rotatable bonds is 3. The quantitative estimate of drug-likeness (QED) is 0.861. The van der Waals surface area contributed by atoms with Crippen LogP contribution in [0.1, 0.15) is 55.8 Å². The second-order valence-corrected chi connectivity index (χ2v) is 6.29. The zero-order valence-electron chi connectivity index (χ0n) is 12.7. The van der Waals surface area contributed by atoms with Crippen molar-refractivity contribution in [2.45, 2.75) is 52.5 Å². The smallest absolute Gasteiger partial charge is 0.376 e. The van der Waals surface area contributed by atoms with E-state index in [1.165, 1.54) is 20.0 Å². The molecule has 20 heavy (non-hydrogen) atoms. The molecule has 1 heterocycles. The van der Waals surface area contributed by atoms with Crippen LogP contribution in [-0.2, 0) is 4.74 Å². The van der Waals surface area contributed by atoms with Crippen LogP contribution in [0.3, 0.4) is 0 Å². The molecule has 5 nitrogen and oxygen atoms in total. The van der Waals surface area contributed by atoms with Crippen molar-refractivity contribution in [3.05, 3.63) is 17.6 Å². The number of ether oxygens (including phenoxy) is 1. The summed E-state index contributed by atoms with van der Waals surface area (Å²) in [6.07, 6.45) is 4.67. The topological polar surface area (TPSA) is 64.1 Å². The molecule has 1 fully saturated rings. The van der Waals surface area contributed by atoms with E-state index in [0.717, 1.165) is 18.5 Å². The van der Waals surface area contributed by atoms with Crippen LogP contribution < -0.4 is 5.32 Å². The van der Waals surface area contributed by atoms with Crippen molar-refractivity contribution in [1.82, 2.24) is 9.97 Å². The molecule has 1 aliphatic carbocycles. The third-order valence-corrected chi connectivity index (χ3v) is 3.91. The molecule has 0 unspecified atom stereocenters. The third kappa shape index (κ3) is 3.68. The Morgan fingerprint density at radius 3 is 2.60 bits per heavy atom. The van der Waals surface area contributed by atoms with Gasteiger partial charge in [0.05, 0.1) is 7.11 Å². The molecule has 1 aromatic rings. The van der Waals surface area contributed by atoms with Gasteiger partial charge in [-0.1, -0.05) is 13.8 Å². The Morgan fingerprint density at radius 2 is 2.00 bits per heavy atom. The van der Waals surface area contributed by atoms with Crippen LogP contribution in [0.5, 0.6) is 0 Å². The van der Waals surface area contributed by atoms with Crippen LogP contribution in [0.25, 0.3) is 0 Å². The Hall–Kier alpha value is -1.65. The van der Waals surface area contributed by atoms with Crippen LogP contribution >= 0.6 is 0 Å². The van der Waals surface area contributed by atoms with E-state index in [1.807, 2.05) is 13.0 Å². The largest absolute Gasteiger partial charge is 0.463 e. The Labute approximate surface area is 120 Å². The van der Waals surface area contributed by atoms with Gasteiger partial charge in [-0.2, -0.15) is 0 Å². The van der Waals surface area contributed by atoms with Crippen molar-refractivity contribution in [1.29, 1.82) is 0 Å². The van der Waals surface area contributed by atoms with Gasteiger partial charge in [-0.15, -0.1) is 0 Å². The maximum Gasteiger partial charge on any atom is 0.376 e. The number of nitrogens with zero attached hydrogens (tertiary/aromatic N) is 2. The van der Waals surface area contributed by atoms with Crippen LogP contribution in [0, 0.1) is 12.3 Å². The number of esters is 1. The van der Waals surface area contributed by atoms with Crippen molar-refractivity contribution in [3.8, 4) is 0 Å². The number of hydrogen-bond acceptors (Lipinski definition) is 5. The summed E-state index contributed by atoms with van der Waals surface area (Å²) in [5, 5.41) is 3.42. The van der Waals surface area contributed by atoms with Crippen molar-refractivity contribution in [3.63, 3.8) is 0 Å². The van der Waals surface area contributed by atoms with E-state index in [4.69, 9.17) is 0 Å². The summed E-state index contributed by atoms with van der Waals surface area (Å²) in [5.74, 6) is 0.329. The minimum atomic E-state index is -0.499. The lowest BCUT2D eigenvalue weighted by Crippen LogP contribution is -2.30. The lowest BCUT2D eigenvalue weighted by atomic mass is 9.75. The first-order valence-corrected chi connectivity index (χ1v) is 7.10. The lowest BCUT2D eigenvalue weighted by molar-refractivity contribution is 0.0586. The zero-order valence-corrected chi connectivity index (χ0v) is 12.7. The predicted molar refractivity (Wildman–Crippen MR) is 77.8 cm³/mol. The molecule has 0 atom stereocenters. The second kappa shape index (κ2) is 5.77. The van der Waals surface area contributed by atoms with Gasteiger partial charge in [-0.25, -0.2) is 14.8 Å². The van der Waals surface area contributed by atoms with Gasteiger partial charge in [0.1, 0.15) is 5.82 Å². The number of anilines is 1. The third-order valence-electron chi connectivity index (χ3n) is 3.91. The standard InChI is InChI=1S/C15H23N3O2/c1-10-9-12(18-13(16-10)14(19)20-4)17-11-5-7-15(2,3)8-6-11/h9,11H,5-8H2,1-4H3,(H,16,17,18). The molecule has 1 N–H and O–H groups in total. The number of carbonyl (C=O) groups excluding carboxylic acids is 1. The first-order chi connectivity index (χ1) is 9.39. The van der Waals surface area contributed by atoms with Crippen molar-refractivity contribution < 1.29 is 9.53 Å². The Kier molecular flexibility index (Phi) is 4.26. The monoisotopic (exact) mass is 277 g/mol. The number of carbonyl (C=O) groups is 1. The predicted octanol–water partition coefficient (Wildman–Crippen LogP) is 2.95. The summed E-state index contributed by atoms with van der Waals surface area (Å²) in [6, 6.07) is 2.29. The fourth-order valence-electron chi connectivity index (χ4n) is 2.58. The number of methoxy groups -OCH3 is 1. The minimum absolute atomic E-state index is 0.117. The Morgan fingerprint density at radius 1 is 1.35 bits per heavy atom. The highest BCUT2D eigenvalue weighted by molar-refractivity contribution is 5.85. The van der Waals surface area contributed by atoms with Crippen molar-refractivity contribution in [2.24, 2.45) is 5.41 Å². The Bertz CT molecular complexity index is 490. The molecule has 1 aromatic heterocycles. The van der Waals surface area contributed by atoms with E-state index in [-0.39, 0.29) is 5.82 Å². The van der Waals surface area contributed by atoms with Crippen molar-refractivity contribution >= 4 is 11.8 Å². The Balaban J connectivity index is 2.06. The van der Waals surface area contributed by atoms with Crippen molar-refractivity contribution in [2.75, 3.05) is 12.4 Å². The van der Waals surface area contributed by atoms with E-state index < -0.39 is 5.97 Å². The first-order valence-electron chi connectivity index (χ1n) is 7.10. The summed E-state index contributed by atoms with van der Waals surface area (Å²) < 4.78 is 4.67. The molecule has 0 aromatic carbocycles. The molecular formula is C15H23N3O2. The van der Waals surface area contributed by atoms with Gasteiger partial charge in [0, 0.05) is 17.8 Å². The summed E-state index contributed by atoms with van der Waals surface area (Å²) in [5.41, 5.74) is 1.20. The second-order valence-electron chi connectivity index (χ2n) is 6.29. The van der Waals surface area contributed by atoms with E-state index >= 15 is 0 Å². The average Bonchev–Trinajstić information content (AvgIpc) is 2.39. The van der Waals surface area contributed by atoms with Gasteiger partial charge in [-0.05, 0) is 38.0 Å². The summed E-state index contributed by atoms with van der Waals surface area (Å²) in [7, 11) is 1.34. The molecule has 1 saturated carbocycles. The highest BCUT2D eigenvalue weighted by Crippen LogP contribution is 2.35. The van der Waals surface area contributed by atoms with Gasteiger partial charge >= 0.3 is 5.97 Å². The van der Waals surface area contributed by atoms with Crippen LogP contribution in [0.4, 0.5) is 5.82 Å². The molecule has 0 amide bonds. The molecule has 0 radical (unpaired) electrons. The van der Waals surface area contributed by atoms with Gasteiger partial charge in [0.25, 0.3) is 0 Å². The SMILES string of the molecule is COC(=O)c1nc(C)cc(NC2CCC(C)(C)CC2)n1. The molecular weight excluding hydrogens is 254 g/mol. The molecule has 1 aliphatic rings. The molecule has 2 rings (SSSR count). The van der Waals surface area contributed by atoms with Gasteiger partial charge in [0.2, 0.25) is 5.82 Å². The normalized spacial score (nSPS) is 18.6. The molecule has 0 saturated heterocycles. The molecule has 110 valence electrons. The molecule has 0 aliphatic heterocycles. The van der Waals surface area contributed by atoms with Crippen LogP contribution in [0.2, 0.25) is 0 Å². The van der Waals surface area contributed by atoms with Gasteiger partial charge < -0.3 is 10.1 Å². The summed E-state index contributed by atoms with van der Waals surface area (Å²) in [4.78, 5) is 19.9. The minimum Gasteiger partial charge on any atom is -0.463 e. The number of hydrogen-bond donors (Lipinski definition) is 1. The lowest BCUT2D eigenvalue weighted by Gasteiger charge is -2.34. The zero-order chi connectivity index (χ0) is 14.8. The average molecular weight is 277 g/mol. The highest BCUT2D eigenvalue weighted by Gasteiger charge is 2.27. The fraction of sp³-hybridized carbons (Fsp3) is 0.667. The van der Waals surface area contributed by atoms with E-state index in [0.29, 0.717) is 17.3 Å². The first kappa shape index (κ1) is 14.8. The van der Waals surface area contributed by atoms with Crippen LogP contribution in [-0.4, -0.2) is 29.1 Å². The van der Waals surface area contributed by atoms with Crippen LogP contribution in [0.15, 0.2) is 6.07 Å². The molecule has 0 bridgehead atoms. The fourth-order valence-corrected chi connectivity index (χ4v) is 2.58. The highest BCUT2D eigenvalue weighted by atomic mass is 16.5. The maximum absolute atomic E-state index is 11.5. The van der Waals surface area contributed by atoms with Gasteiger partial charge in [0.15, 0.2) is 0 Å². The van der Waals surface area contributed by atoms with E-state index in [1.54, 1.807) is 0 Å². The number of aryl methyl sites for hydroxylation is 1. The van der Waals surface area contributed by atoms with E-state index in [9.17, 15) is 4.79 Å². The van der Waals surface area contributed by atoms with E-state index in [2.05, 4.69) is 33.9 Å². The summed E-state index contributed by atoms with van der Waals surface area (Å²) in [6.45, 7) is 6.48. The summed E-state index contributed by atoms with van der Waals surface area (Å²) >= 11 is 0. The molecule has 0 spiro atoms. The maximum atomic E-state index is 11.5. The number of aromatic nitrogens is 2.